The highest BCUT2D eigenvalue weighted by molar-refractivity contribution is 6.13. The Morgan fingerprint density at radius 1 is 0.366 bits per heavy atom. The zero-order valence-electron chi connectivity index (χ0n) is 52.0. The third-order valence-corrected chi connectivity index (χ3v) is 21.2. The van der Waals surface area contributed by atoms with Gasteiger partial charge in [-0.15, -0.1) is 0 Å². The van der Waals surface area contributed by atoms with Crippen molar-refractivity contribution in [3.8, 4) is 55.6 Å². The molecule has 2 nitrogen and oxygen atoms in total. The van der Waals surface area contributed by atoms with Crippen molar-refractivity contribution in [1.82, 2.24) is 0 Å². The lowest BCUT2D eigenvalue weighted by molar-refractivity contribution is 0.574. The summed E-state index contributed by atoms with van der Waals surface area (Å²) in [6.45, 7) is 2.33. The van der Waals surface area contributed by atoms with Gasteiger partial charge >= 0.3 is 0 Å². The van der Waals surface area contributed by atoms with Crippen LogP contribution in [0.4, 0.5) is 38.5 Å². The van der Waals surface area contributed by atoms with Crippen molar-refractivity contribution < 1.29 is 4.39 Å². The van der Waals surface area contributed by atoms with Gasteiger partial charge in [-0.1, -0.05) is 250 Å². The van der Waals surface area contributed by atoms with E-state index in [1.807, 2.05) is 12.1 Å². The summed E-state index contributed by atoms with van der Waals surface area (Å²) in [4.78, 5) is 4.74. The summed E-state index contributed by atoms with van der Waals surface area (Å²) in [6.07, 6.45) is 6.44. The van der Waals surface area contributed by atoms with Gasteiger partial charge in [0.15, 0.2) is 0 Å². The van der Waals surface area contributed by atoms with Gasteiger partial charge in [-0.3, -0.25) is 0 Å². The summed E-state index contributed by atoms with van der Waals surface area (Å²) in [5.74, 6) is 0.432. The van der Waals surface area contributed by atoms with Crippen molar-refractivity contribution in [1.29, 1.82) is 0 Å². The minimum Gasteiger partial charge on any atom is -0.310 e. The Kier molecular flexibility index (Phi) is 13.1. The van der Waals surface area contributed by atoms with Crippen molar-refractivity contribution in [2.75, 3.05) is 9.80 Å². The molecule has 14 aromatic rings. The SMILES string of the molecule is CCCC1CCc2cc(N(c3ccc4c(c3)-c3ccccc3CCC4c3ccccc3)c3cc4c(c5ccccc35)-c3ccc(N(c5ccccc5)c5ccc(-c6cccc7ccccc67)cc5F)cc3C43c4ccccc4-c4ccccc43)ccc2-c2ccccc21. The molecule has 93 heavy (non-hydrogen) atoms. The smallest absolute Gasteiger partial charge is 0.147 e. The normalized spacial score (nSPS) is 15.2. The summed E-state index contributed by atoms with van der Waals surface area (Å²) in [6, 6.07) is 112. The molecular weight excluding hydrogens is 1130 g/mol. The van der Waals surface area contributed by atoms with Crippen LogP contribution < -0.4 is 9.80 Å². The summed E-state index contributed by atoms with van der Waals surface area (Å²) < 4.78 is 17.8. The maximum Gasteiger partial charge on any atom is 0.147 e. The van der Waals surface area contributed by atoms with Gasteiger partial charge in [0, 0.05) is 34.1 Å². The Morgan fingerprint density at radius 2 is 0.957 bits per heavy atom. The van der Waals surface area contributed by atoms with Crippen LogP contribution in [0.1, 0.15) is 94.5 Å². The van der Waals surface area contributed by atoms with E-state index in [0.717, 1.165) is 82.4 Å². The lowest BCUT2D eigenvalue weighted by Crippen LogP contribution is -2.26. The molecule has 3 heteroatoms. The topological polar surface area (TPSA) is 6.48 Å². The van der Waals surface area contributed by atoms with Crippen LogP contribution in [-0.2, 0) is 18.3 Å². The Labute approximate surface area is 544 Å². The zero-order chi connectivity index (χ0) is 61.7. The number of benzene rings is 14. The molecule has 0 saturated heterocycles. The highest BCUT2D eigenvalue weighted by atomic mass is 19.1. The van der Waals surface area contributed by atoms with Crippen LogP contribution in [0.25, 0.3) is 77.2 Å². The molecule has 18 rings (SSSR count). The van der Waals surface area contributed by atoms with E-state index in [-0.39, 0.29) is 11.7 Å². The molecule has 0 amide bonds. The maximum absolute atomic E-state index is 17.8. The van der Waals surface area contributed by atoms with Gasteiger partial charge in [-0.2, -0.15) is 0 Å². The predicted octanol–water partition coefficient (Wildman–Crippen LogP) is 24.3. The van der Waals surface area contributed by atoms with Crippen molar-refractivity contribution >= 4 is 55.7 Å². The first-order valence-electron chi connectivity index (χ1n) is 33.3. The maximum atomic E-state index is 17.8. The molecule has 0 heterocycles. The highest BCUT2D eigenvalue weighted by Gasteiger charge is 2.53. The fourth-order valence-corrected chi connectivity index (χ4v) is 17.2. The first kappa shape index (κ1) is 55.0. The molecule has 0 bridgehead atoms. The van der Waals surface area contributed by atoms with E-state index in [1.165, 1.54) is 112 Å². The van der Waals surface area contributed by atoms with E-state index in [1.54, 1.807) is 6.07 Å². The molecule has 0 N–H and O–H groups in total. The van der Waals surface area contributed by atoms with Crippen molar-refractivity contribution in [3.05, 3.63) is 359 Å². The molecule has 444 valence electrons. The second-order valence-corrected chi connectivity index (χ2v) is 26.0. The Bertz CT molecular complexity index is 5240. The van der Waals surface area contributed by atoms with Gasteiger partial charge in [0.1, 0.15) is 5.82 Å². The molecule has 4 aliphatic rings. The number of anilines is 6. The van der Waals surface area contributed by atoms with Crippen LogP contribution in [0.3, 0.4) is 0 Å². The molecule has 0 aliphatic heterocycles. The molecule has 2 unspecified atom stereocenters. The average molecular weight is 1200 g/mol. The molecule has 4 aliphatic carbocycles. The molecule has 0 aromatic heterocycles. The Morgan fingerprint density at radius 3 is 1.74 bits per heavy atom. The fraction of sp³-hybridized carbons (Fsp3) is 0.111. The lowest BCUT2D eigenvalue weighted by Gasteiger charge is -2.34. The summed E-state index contributed by atoms with van der Waals surface area (Å²) in [7, 11) is 0. The number of hydrogen-bond donors (Lipinski definition) is 0. The van der Waals surface area contributed by atoms with Crippen LogP contribution >= 0.6 is 0 Å². The monoisotopic (exact) mass is 1190 g/mol. The third kappa shape index (κ3) is 8.66. The van der Waals surface area contributed by atoms with Crippen LogP contribution in [0, 0.1) is 5.82 Å². The van der Waals surface area contributed by atoms with E-state index in [0.29, 0.717) is 11.6 Å². The number of nitrogens with zero attached hydrogens (tertiary/aromatic N) is 2. The third-order valence-electron chi connectivity index (χ3n) is 21.2. The quantitative estimate of drug-likeness (QED) is 0.135. The summed E-state index contributed by atoms with van der Waals surface area (Å²) >= 11 is 0. The van der Waals surface area contributed by atoms with Crippen LogP contribution in [0.5, 0.6) is 0 Å². The molecular formula is C90H67FN2. The zero-order valence-corrected chi connectivity index (χ0v) is 52.0. The van der Waals surface area contributed by atoms with E-state index < -0.39 is 5.41 Å². The highest BCUT2D eigenvalue weighted by Crippen LogP contribution is 2.66. The van der Waals surface area contributed by atoms with Crippen LogP contribution in [0.2, 0.25) is 0 Å². The van der Waals surface area contributed by atoms with E-state index in [4.69, 9.17) is 0 Å². The number of aryl methyl sites for hydroxylation is 2. The molecule has 0 saturated carbocycles. The van der Waals surface area contributed by atoms with Gasteiger partial charge in [0.25, 0.3) is 0 Å². The van der Waals surface area contributed by atoms with Gasteiger partial charge in [0.2, 0.25) is 0 Å². The largest absolute Gasteiger partial charge is 0.310 e. The number of hydrogen-bond acceptors (Lipinski definition) is 2. The van der Waals surface area contributed by atoms with Crippen molar-refractivity contribution in [2.24, 2.45) is 0 Å². The fourth-order valence-electron chi connectivity index (χ4n) is 17.2. The number of rotatable bonds is 10. The second kappa shape index (κ2) is 22.2. The lowest BCUT2D eigenvalue weighted by atomic mass is 9.70. The van der Waals surface area contributed by atoms with Crippen LogP contribution in [-0.4, -0.2) is 0 Å². The van der Waals surface area contributed by atoms with E-state index >= 15 is 4.39 Å². The number of halogens is 1. The molecule has 14 aromatic carbocycles. The van der Waals surface area contributed by atoms with E-state index in [9.17, 15) is 0 Å². The Hall–Kier alpha value is -10.9. The van der Waals surface area contributed by atoms with Crippen LogP contribution in [0.15, 0.2) is 303 Å². The molecule has 2 atom stereocenters. The average Bonchev–Trinajstić information content (AvgIpc) is 1.50. The van der Waals surface area contributed by atoms with Crippen molar-refractivity contribution in [2.45, 2.75) is 62.7 Å². The minimum absolute atomic E-state index is 0.231. The standard InChI is InChI=1S/C90H67FN2/c1-2-22-58-41-42-62-53-65(45-49-73(62)74-33-14-13-31-69(58)74)93(66-46-50-75-72(59-23-5-3-6-24-59)48-43-61-26-10-12-32-70(61)81(75)55-66)88-57-85-89(79-37-16-15-36-78(79)88)80-51-47-67(56-84(80)90(85)82-39-19-17-34-76(82)77-35-18-20-40-83(77)90)92(64-28-7-4-8-29-64)87-52-44-63(54-86(87)91)71-38-21-27-60-25-9-11-30-68(60)71/h3-21,23-40,44-47,49-58,72H,2,22,41-43,48H2,1H3. The van der Waals surface area contributed by atoms with Gasteiger partial charge in [0.05, 0.1) is 16.8 Å². The van der Waals surface area contributed by atoms with Gasteiger partial charge in [-0.05, 0) is 227 Å². The summed E-state index contributed by atoms with van der Waals surface area (Å²) in [5.41, 5.74) is 28.7. The number of para-hydroxylation sites is 1. The minimum atomic E-state index is -0.779. The number of fused-ring (bicyclic) bond motifs is 19. The van der Waals surface area contributed by atoms with Gasteiger partial charge < -0.3 is 9.80 Å². The molecule has 1 spiro atoms. The van der Waals surface area contributed by atoms with E-state index in [2.05, 4.69) is 302 Å². The predicted molar refractivity (Wildman–Crippen MR) is 386 cm³/mol. The molecule has 0 radical (unpaired) electrons. The summed E-state index contributed by atoms with van der Waals surface area (Å²) in [5, 5.41) is 4.58. The molecule has 0 fully saturated rings. The van der Waals surface area contributed by atoms with Gasteiger partial charge in [-0.25, -0.2) is 4.39 Å². The van der Waals surface area contributed by atoms with Crippen molar-refractivity contribution in [3.63, 3.8) is 0 Å². The Balaban J connectivity index is 0.889. The second-order valence-electron chi connectivity index (χ2n) is 26.0. The first-order chi connectivity index (χ1) is 46.0. The first-order valence-corrected chi connectivity index (χ1v) is 33.3.